The highest BCUT2D eigenvalue weighted by Gasteiger charge is 2.20. The Balaban J connectivity index is 1.87. The van der Waals surface area contributed by atoms with Crippen LogP contribution in [0, 0.1) is 5.92 Å². The molecule has 1 saturated carbocycles. The molecule has 2 rings (SSSR count). The van der Waals surface area contributed by atoms with Gasteiger partial charge in [0.2, 0.25) is 0 Å². The third-order valence-corrected chi connectivity index (χ3v) is 5.32. The molecule has 0 spiro atoms. The van der Waals surface area contributed by atoms with Crippen molar-refractivity contribution in [1.29, 1.82) is 0 Å². The van der Waals surface area contributed by atoms with Crippen LogP contribution < -0.4 is 5.32 Å². The van der Waals surface area contributed by atoms with E-state index in [-0.39, 0.29) is 0 Å². The van der Waals surface area contributed by atoms with E-state index in [1.54, 1.807) is 11.3 Å². The van der Waals surface area contributed by atoms with Crippen molar-refractivity contribution in [2.45, 2.75) is 64.5 Å². The molecule has 1 aromatic rings. The molecule has 1 nitrogen and oxygen atoms in total. The number of nitrogens with one attached hydrogen (secondary N) is 1. The van der Waals surface area contributed by atoms with Gasteiger partial charge in [-0.25, -0.2) is 0 Å². The minimum absolute atomic E-state index is 0.409. The predicted molar refractivity (Wildman–Crippen MR) is 81.5 cm³/mol. The molecule has 3 heteroatoms. The van der Waals surface area contributed by atoms with Crippen LogP contribution >= 0.6 is 22.9 Å². The van der Waals surface area contributed by atoms with E-state index < -0.39 is 0 Å². The van der Waals surface area contributed by atoms with E-state index in [1.807, 2.05) is 0 Å². The summed E-state index contributed by atoms with van der Waals surface area (Å²) in [4.78, 5) is 0. The summed E-state index contributed by atoms with van der Waals surface area (Å²) >= 11 is 7.63. The van der Waals surface area contributed by atoms with Crippen LogP contribution in [-0.2, 0) is 0 Å². The van der Waals surface area contributed by atoms with Crippen LogP contribution in [0.25, 0.3) is 0 Å². The highest BCUT2D eigenvalue weighted by Crippen LogP contribution is 2.28. The Hall–Kier alpha value is -0.0500. The average Bonchev–Trinajstić information content (AvgIpc) is 2.63. The summed E-state index contributed by atoms with van der Waals surface area (Å²) in [5.74, 6) is 0.851. The fourth-order valence-electron chi connectivity index (χ4n) is 2.99. The first-order valence-corrected chi connectivity index (χ1v) is 8.42. The first-order valence-electron chi connectivity index (χ1n) is 7.17. The number of rotatable bonds is 4. The number of hydrogen-bond donors (Lipinski definition) is 1. The molecule has 0 radical (unpaired) electrons. The topological polar surface area (TPSA) is 12.0 Å². The van der Waals surface area contributed by atoms with Gasteiger partial charge in [0.15, 0.2) is 0 Å². The van der Waals surface area contributed by atoms with Gasteiger partial charge < -0.3 is 5.32 Å². The monoisotopic (exact) mass is 285 g/mol. The first kappa shape index (κ1) is 14.4. The third kappa shape index (κ3) is 3.97. The van der Waals surface area contributed by atoms with E-state index in [1.165, 1.54) is 44.1 Å². The van der Waals surface area contributed by atoms with Crippen LogP contribution in [0.3, 0.4) is 0 Å². The van der Waals surface area contributed by atoms with Crippen LogP contribution in [0.15, 0.2) is 11.4 Å². The Morgan fingerprint density at radius 3 is 2.44 bits per heavy atom. The van der Waals surface area contributed by atoms with Gasteiger partial charge in [0.25, 0.3) is 0 Å². The molecule has 0 aromatic carbocycles. The van der Waals surface area contributed by atoms with Gasteiger partial charge in [-0.1, -0.05) is 37.3 Å². The lowest BCUT2D eigenvalue weighted by atomic mass is 9.92. The van der Waals surface area contributed by atoms with Gasteiger partial charge in [0, 0.05) is 12.1 Å². The molecule has 0 saturated heterocycles. The summed E-state index contributed by atoms with van der Waals surface area (Å²) < 4.78 is 0.890. The maximum absolute atomic E-state index is 6.00. The molecule has 1 aliphatic rings. The number of thiophene rings is 1. The van der Waals surface area contributed by atoms with Crippen molar-refractivity contribution in [3.8, 4) is 0 Å². The van der Waals surface area contributed by atoms with E-state index in [0.29, 0.717) is 12.1 Å². The molecule has 2 atom stereocenters. The molecule has 102 valence electrons. The molecule has 1 aliphatic carbocycles. The molecule has 1 aromatic heterocycles. The molecular formula is C15H24ClNS. The zero-order valence-corrected chi connectivity index (χ0v) is 13.0. The zero-order valence-electron chi connectivity index (χ0n) is 11.4. The second kappa shape index (κ2) is 6.93. The maximum Gasteiger partial charge on any atom is 0.0931 e. The van der Waals surface area contributed by atoms with Crippen molar-refractivity contribution in [2.24, 2.45) is 5.92 Å². The van der Waals surface area contributed by atoms with Crippen LogP contribution in [0.2, 0.25) is 4.34 Å². The van der Waals surface area contributed by atoms with Crippen LogP contribution in [0.4, 0.5) is 0 Å². The Labute approximate surface area is 120 Å². The second-order valence-electron chi connectivity index (χ2n) is 5.61. The van der Waals surface area contributed by atoms with Gasteiger partial charge in [-0.3, -0.25) is 0 Å². The fourth-order valence-corrected chi connectivity index (χ4v) is 3.97. The van der Waals surface area contributed by atoms with Crippen molar-refractivity contribution in [3.05, 3.63) is 21.3 Å². The lowest BCUT2D eigenvalue weighted by molar-refractivity contribution is 0.316. The maximum atomic E-state index is 6.00. The summed E-state index contributed by atoms with van der Waals surface area (Å²) in [5.41, 5.74) is 1.32. The molecule has 0 bridgehead atoms. The van der Waals surface area contributed by atoms with Crippen LogP contribution in [0.1, 0.15) is 64.0 Å². The fraction of sp³-hybridized carbons (Fsp3) is 0.733. The molecule has 1 unspecified atom stereocenters. The lowest BCUT2D eigenvalue weighted by Crippen LogP contribution is -2.35. The molecule has 1 heterocycles. The summed E-state index contributed by atoms with van der Waals surface area (Å²) in [6.07, 6.45) is 8.47. The minimum atomic E-state index is 0.409. The van der Waals surface area contributed by atoms with Crippen molar-refractivity contribution in [3.63, 3.8) is 0 Å². The van der Waals surface area contributed by atoms with E-state index in [0.717, 1.165) is 10.3 Å². The SMILES string of the molecule is CC(N[C@@H](C)C1CCCCCC1)c1csc(Cl)c1. The normalized spacial score (nSPS) is 21.5. The zero-order chi connectivity index (χ0) is 13.0. The van der Waals surface area contributed by atoms with E-state index in [4.69, 9.17) is 11.6 Å². The molecule has 0 amide bonds. The predicted octanol–water partition coefficient (Wildman–Crippen LogP) is 5.41. The Kier molecular flexibility index (Phi) is 5.53. The summed E-state index contributed by atoms with van der Waals surface area (Å²) in [6.45, 7) is 4.59. The summed E-state index contributed by atoms with van der Waals surface area (Å²) in [5, 5.41) is 5.92. The van der Waals surface area contributed by atoms with Gasteiger partial charge in [0.1, 0.15) is 0 Å². The Morgan fingerprint density at radius 2 is 1.89 bits per heavy atom. The second-order valence-corrected chi connectivity index (χ2v) is 7.16. The van der Waals surface area contributed by atoms with E-state index in [2.05, 4.69) is 30.6 Å². The van der Waals surface area contributed by atoms with Gasteiger partial charge in [-0.15, -0.1) is 11.3 Å². The highest BCUT2D eigenvalue weighted by atomic mass is 35.5. The Bertz CT molecular complexity index is 355. The third-order valence-electron chi connectivity index (χ3n) is 4.21. The van der Waals surface area contributed by atoms with E-state index >= 15 is 0 Å². The average molecular weight is 286 g/mol. The largest absolute Gasteiger partial charge is 0.307 e. The van der Waals surface area contributed by atoms with E-state index in [9.17, 15) is 0 Å². The first-order chi connectivity index (χ1) is 8.66. The quantitative estimate of drug-likeness (QED) is 0.729. The molecular weight excluding hydrogens is 262 g/mol. The Morgan fingerprint density at radius 1 is 1.22 bits per heavy atom. The minimum Gasteiger partial charge on any atom is -0.307 e. The van der Waals surface area contributed by atoms with Gasteiger partial charge in [-0.2, -0.15) is 0 Å². The number of halogens is 1. The summed E-state index contributed by atoms with van der Waals surface area (Å²) in [7, 11) is 0. The van der Waals surface area contributed by atoms with Crippen LogP contribution in [0.5, 0.6) is 0 Å². The van der Waals surface area contributed by atoms with Crippen LogP contribution in [-0.4, -0.2) is 6.04 Å². The number of hydrogen-bond acceptors (Lipinski definition) is 2. The highest BCUT2D eigenvalue weighted by molar-refractivity contribution is 7.14. The van der Waals surface area contributed by atoms with Gasteiger partial charge >= 0.3 is 0 Å². The molecule has 1 N–H and O–H groups in total. The smallest absolute Gasteiger partial charge is 0.0931 e. The van der Waals surface area contributed by atoms with Gasteiger partial charge in [-0.05, 0) is 49.6 Å². The molecule has 1 fully saturated rings. The van der Waals surface area contributed by atoms with Gasteiger partial charge in [0.05, 0.1) is 4.34 Å². The molecule has 0 aliphatic heterocycles. The lowest BCUT2D eigenvalue weighted by Gasteiger charge is -2.27. The molecule has 18 heavy (non-hydrogen) atoms. The van der Waals surface area contributed by atoms with Crippen molar-refractivity contribution < 1.29 is 0 Å². The summed E-state index contributed by atoms with van der Waals surface area (Å²) in [6, 6.07) is 3.10. The van der Waals surface area contributed by atoms with Crippen molar-refractivity contribution in [1.82, 2.24) is 5.32 Å². The standard InChI is InChI=1S/C15H24ClNS/c1-11(13-7-5-3-4-6-8-13)17-12(2)14-9-15(16)18-10-14/h9-13,17H,3-8H2,1-2H3/t11-,12?/m0/s1. The van der Waals surface area contributed by atoms with Crippen molar-refractivity contribution in [2.75, 3.05) is 0 Å². The van der Waals surface area contributed by atoms with Crippen molar-refractivity contribution >= 4 is 22.9 Å².